The Kier molecular flexibility index (Phi) is 4.41. The molecule has 0 bridgehead atoms. The molecule has 3 rings (SSSR count). The van der Waals surface area contributed by atoms with Crippen LogP contribution in [0.5, 0.6) is 11.5 Å². The van der Waals surface area contributed by atoms with Crippen molar-refractivity contribution in [3.05, 3.63) is 23.3 Å². The lowest BCUT2D eigenvalue weighted by Gasteiger charge is -2.37. The van der Waals surface area contributed by atoms with Gasteiger partial charge in [-0.2, -0.15) is 0 Å². The van der Waals surface area contributed by atoms with Gasteiger partial charge >= 0.3 is 0 Å². The van der Waals surface area contributed by atoms with Gasteiger partial charge in [-0.15, -0.1) is 0 Å². The lowest BCUT2D eigenvalue weighted by Crippen LogP contribution is -2.41. The van der Waals surface area contributed by atoms with Gasteiger partial charge in [0.25, 0.3) is 0 Å². The molecule has 1 atom stereocenters. The number of hydrogen-bond acceptors (Lipinski definition) is 4. The van der Waals surface area contributed by atoms with Crippen LogP contribution in [0.25, 0.3) is 0 Å². The van der Waals surface area contributed by atoms with E-state index in [1.165, 1.54) is 0 Å². The van der Waals surface area contributed by atoms with Crippen molar-refractivity contribution in [1.29, 1.82) is 0 Å². The van der Waals surface area contributed by atoms with Crippen molar-refractivity contribution in [2.24, 2.45) is 0 Å². The molecule has 2 heterocycles. The van der Waals surface area contributed by atoms with E-state index < -0.39 is 0 Å². The van der Waals surface area contributed by atoms with Crippen molar-refractivity contribution in [2.45, 2.75) is 31.7 Å². The second-order valence-corrected chi connectivity index (χ2v) is 5.92. The fourth-order valence-electron chi connectivity index (χ4n) is 3.41. The van der Waals surface area contributed by atoms with Crippen molar-refractivity contribution >= 4 is 11.8 Å². The summed E-state index contributed by atoms with van der Waals surface area (Å²) in [4.78, 5) is 26.5. The molecule has 6 heteroatoms. The molecule has 0 aromatic heterocycles. The number of nitrogens with one attached hydrogen (secondary N) is 1. The van der Waals surface area contributed by atoms with Crippen molar-refractivity contribution in [3.63, 3.8) is 0 Å². The van der Waals surface area contributed by atoms with Crippen molar-refractivity contribution in [2.75, 3.05) is 27.3 Å². The van der Waals surface area contributed by atoms with Gasteiger partial charge in [0.2, 0.25) is 11.8 Å². The maximum absolute atomic E-state index is 12.5. The molecule has 6 nitrogen and oxygen atoms in total. The van der Waals surface area contributed by atoms with E-state index in [1.54, 1.807) is 14.2 Å². The van der Waals surface area contributed by atoms with Crippen molar-refractivity contribution < 1.29 is 19.1 Å². The number of methoxy groups -OCH3 is 2. The highest BCUT2D eigenvalue weighted by Gasteiger charge is 2.34. The van der Waals surface area contributed by atoms with Crippen LogP contribution in [0.1, 0.15) is 36.4 Å². The Morgan fingerprint density at radius 2 is 1.87 bits per heavy atom. The Morgan fingerprint density at radius 3 is 2.61 bits per heavy atom. The Labute approximate surface area is 135 Å². The van der Waals surface area contributed by atoms with Gasteiger partial charge in [-0.3, -0.25) is 9.59 Å². The number of amides is 2. The maximum atomic E-state index is 12.5. The van der Waals surface area contributed by atoms with E-state index in [4.69, 9.17) is 9.47 Å². The quantitative estimate of drug-likeness (QED) is 0.896. The van der Waals surface area contributed by atoms with Gasteiger partial charge in [0.1, 0.15) is 0 Å². The number of hydrogen-bond donors (Lipinski definition) is 1. The summed E-state index contributed by atoms with van der Waals surface area (Å²) in [6.07, 6.45) is 2.21. The molecular formula is C17H22N2O4. The summed E-state index contributed by atoms with van der Waals surface area (Å²) in [6.45, 7) is 1.20. The standard InChI is InChI=1S/C17H22N2O4/c1-22-14-8-11-5-7-19-13(12(11)9-15(14)23-2)10-16(20)18-6-3-4-17(19)21/h8-9,13H,3-7,10H2,1-2H3,(H,18,20). The van der Waals surface area contributed by atoms with Crippen LogP contribution in [0.2, 0.25) is 0 Å². The van der Waals surface area contributed by atoms with Crippen LogP contribution in [0.3, 0.4) is 0 Å². The molecule has 2 amide bonds. The summed E-state index contributed by atoms with van der Waals surface area (Å²) < 4.78 is 10.7. The third kappa shape index (κ3) is 2.98. The van der Waals surface area contributed by atoms with E-state index in [0.29, 0.717) is 37.4 Å². The zero-order valence-corrected chi connectivity index (χ0v) is 13.6. The van der Waals surface area contributed by atoms with Gasteiger partial charge < -0.3 is 19.7 Å². The molecule has 0 aliphatic carbocycles. The van der Waals surface area contributed by atoms with Gasteiger partial charge in [-0.1, -0.05) is 0 Å². The average molecular weight is 318 g/mol. The molecule has 1 fully saturated rings. The second-order valence-electron chi connectivity index (χ2n) is 5.92. The molecule has 1 aromatic rings. The lowest BCUT2D eigenvalue weighted by atomic mass is 9.89. The number of benzene rings is 1. The molecule has 2 aliphatic heterocycles. The highest BCUT2D eigenvalue weighted by Crippen LogP contribution is 2.39. The third-order valence-electron chi connectivity index (χ3n) is 4.59. The van der Waals surface area contributed by atoms with Crippen LogP contribution in [0.4, 0.5) is 0 Å². The predicted octanol–water partition coefficient (Wildman–Crippen LogP) is 1.43. The fourth-order valence-corrected chi connectivity index (χ4v) is 3.41. The Balaban J connectivity index is 2.04. The maximum Gasteiger partial charge on any atom is 0.223 e. The summed E-state index contributed by atoms with van der Waals surface area (Å²) in [5.74, 6) is 1.41. The molecule has 1 N–H and O–H groups in total. The monoisotopic (exact) mass is 318 g/mol. The van der Waals surface area contributed by atoms with Crippen LogP contribution >= 0.6 is 0 Å². The van der Waals surface area contributed by atoms with Crippen LogP contribution in [-0.2, 0) is 16.0 Å². The summed E-state index contributed by atoms with van der Waals surface area (Å²) >= 11 is 0. The number of rotatable bonds is 2. The van der Waals surface area contributed by atoms with Gasteiger partial charge in [0.15, 0.2) is 11.5 Å². The Hall–Kier alpha value is -2.24. The normalized spacial score (nSPS) is 21.3. The number of nitrogens with zero attached hydrogens (tertiary/aromatic N) is 1. The molecule has 1 aromatic carbocycles. The molecule has 124 valence electrons. The first-order chi connectivity index (χ1) is 11.1. The third-order valence-corrected chi connectivity index (χ3v) is 4.59. The van der Waals surface area contributed by atoms with Crippen LogP contribution in [-0.4, -0.2) is 44.0 Å². The Morgan fingerprint density at radius 1 is 1.13 bits per heavy atom. The predicted molar refractivity (Wildman–Crippen MR) is 84.6 cm³/mol. The summed E-state index contributed by atoms with van der Waals surface area (Å²) in [7, 11) is 3.20. The van der Waals surface area contributed by atoms with E-state index in [1.807, 2.05) is 17.0 Å². The minimum Gasteiger partial charge on any atom is -0.493 e. The Bertz CT molecular complexity index is 629. The highest BCUT2D eigenvalue weighted by atomic mass is 16.5. The first kappa shape index (κ1) is 15.6. The van der Waals surface area contributed by atoms with Gasteiger partial charge in [-0.25, -0.2) is 0 Å². The number of carbonyl (C=O) groups excluding carboxylic acids is 2. The SMILES string of the molecule is COc1cc2c(cc1OC)C1CC(=O)NCCCC(=O)N1CC2. The van der Waals surface area contributed by atoms with E-state index in [-0.39, 0.29) is 24.3 Å². The van der Waals surface area contributed by atoms with Crippen LogP contribution in [0.15, 0.2) is 12.1 Å². The average Bonchev–Trinajstić information content (AvgIpc) is 2.63. The molecule has 1 saturated heterocycles. The van der Waals surface area contributed by atoms with E-state index in [9.17, 15) is 9.59 Å². The first-order valence-electron chi connectivity index (χ1n) is 7.95. The van der Waals surface area contributed by atoms with Crippen molar-refractivity contribution in [1.82, 2.24) is 10.2 Å². The number of carbonyl (C=O) groups is 2. The van der Waals surface area contributed by atoms with Crippen LogP contribution < -0.4 is 14.8 Å². The zero-order valence-electron chi connectivity index (χ0n) is 13.6. The number of ether oxygens (including phenoxy) is 2. The smallest absolute Gasteiger partial charge is 0.223 e. The van der Waals surface area contributed by atoms with Gasteiger partial charge in [0.05, 0.1) is 26.7 Å². The van der Waals surface area contributed by atoms with Gasteiger partial charge in [0, 0.05) is 19.5 Å². The van der Waals surface area contributed by atoms with E-state index in [0.717, 1.165) is 17.5 Å². The molecule has 0 spiro atoms. The number of fused-ring (bicyclic) bond motifs is 3. The topological polar surface area (TPSA) is 67.9 Å². The molecule has 1 unspecified atom stereocenters. The summed E-state index contributed by atoms with van der Waals surface area (Å²) in [6, 6.07) is 3.63. The summed E-state index contributed by atoms with van der Waals surface area (Å²) in [5, 5.41) is 2.89. The second kappa shape index (κ2) is 6.48. The minimum absolute atomic E-state index is 0.0164. The zero-order chi connectivity index (χ0) is 16.4. The molecule has 0 radical (unpaired) electrons. The summed E-state index contributed by atoms with van der Waals surface area (Å²) in [5.41, 5.74) is 2.10. The lowest BCUT2D eigenvalue weighted by molar-refractivity contribution is -0.134. The minimum atomic E-state index is -0.232. The first-order valence-corrected chi connectivity index (χ1v) is 7.95. The van der Waals surface area contributed by atoms with Crippen molar-refractivity contribution in [3.8, 4) is 11.5 Å². The molecule has 23 heavy (non-hydrogen) atoms. The van der Waals surface area contributed by atoms with E-state index >= 15 is 0 Å². The van der Waals surface area contributed by atoms with E-state index in [2.05, 4.69) is 5.32 Å². The fraction of sp³-hybridized carbons (Fsp3) is 0.529. The molecular weight excluding hydrogens is 296 g/mol. The molecule has 0 saturated carbocycles. The molecule has 2 aliphatic rings. The highest BCUT2D eigenvalue weighted by molar-refractivity contribution is 5.81. The largest absolute Gasteiger partial charge is 0.493 e. The van der Waals surface area contributed by atoms with Crippen LogP contribution in [0, 0.1) is 0 Å². The van der Waals surface area contributed by atoms with Gasteiger partial charge in [-0.05, 0) is 36.1 Å².